The number of hydrogen-bond donors (Lipinski definition) is 0. The number of rotatable bonds is 10. The summed E-state index contributed by atoms with van der Waals surface area (Å²) in [4.78, 5) is 11.7. The summed E-state index contributed by atoms with van der Waals surface area (Å²) in [5.41, 5.74) is -3.76. The number of carbonyl (C=O) groups is 1. The molecule has 3 aromatic rings. The maximum Gasteiger partial charge on any atom is 0.460 e. The Morgan fingerprint density at radius 1 is 0.542 bits per heavy atom. The van der Waals surface area contributed by atoms with Gasteiger partial charge in [0.2, 0.25) is 0 Å². The Kier molecular flexibility index (Phi) is 9.11. The van der Waals surface area contributed by atoms with Crippen LogP contribution >= 0.6 is 0 Å². The van der Waals surface area contributed by atoms with E-state index in [0.29, 0.717) is 12.1 Å². The van der Waals surface area contributed by atoms with Gasteiger partial charge in [-0.1, -0.05) is 54.6 Å². The molecule has 0 spiro atoms. The first-order chi connectivity index (χ1) is 21.6. The molecule has 0 N–H and O–H groups in total. The van der Waals surface area contributed by atoms with Crippen molar-refractivity contribution >= 4 is 5.97 Å². The van der Waals surface area contributed by atoms with Crippen LogP contribution in [-0.4, -0.2) is 47.7 Å². The highest BCUT2D eigenvalue weighted by Gasteiger charge is 2.95. The molecule has 48 heavy (non-hydrogen) atoms. The fraction of sp³-hybridized carbons (Fsp3) is 0.286. The van der Waals surface area contributed by atoms with Crippen LogP contribution < -0.4 is 5.11 Å². The fourth-order valence-electron chi connectivity index (χ4n) is 4.19. The van der Waals surface area contributed by atoms with Crippen molar-refractivity contribution in [3.63, 3.8) is 0 Å². The first kappa shape index (κ1) is 37.9. The Hall–Kier alpha value is -4.57. The molecule has 0 bridgehead atoms. The number of nitriles is 1. The Bertz CT molecular complexity index is 1720. The van der Waals surface area contributed by atoms with E-state index in [4.69, 9.17) is 5.26 Å². The highest BCUT2D eigenvalue weighted by atomic mass is 19.4. The first-order valence-corrected chi connectivity index (χ1v) is 12.2. The molecule has 3 aromatic carbocycles. The van der Waals surface area contributed by atoms with E-state index in [2.05, 4.69) is 0 Å². The van der Waals surface area contributed by atoms with Gasteiger partial charge in [0.25, 0.3) is 0 Å². The minimum atomic E-state index is -8.74. The van der Waals surface area contributed by atoms with Gasteiger partial charge in [-0.25, -0.2) is 0 Å². The fourth-order valence-corrected chi connectivity index (χ4v) is 4.19. The zero-order valence-electron chi connectivity index (χ0n) is 22.5. The summed E-state index contributed by atoms with van der Waals surface area (Å²) in [6, 6.07) is 10.1. The predicted molar refractivity (Wildman–Crippen MR) is 126 cm³/mol. The normalized spacial score (nSPS) is 14.1. The van der Waals surface area contributed by atoms with Gasteiger partial charge in [-0.2, -0.15) is 79.9 Å². The van der Waals surface area contributed by atoms with Crippen molar-refractivity contribution in [3.05, 3.63) is 83.4 Å². The molecule has 0 heterocycles. The molecule has 0 radical (unpaired) electrons. The summed E-state index contributed by atoms with van der Waals surface area (Å²) in [5, 5.41) is 20.7. The lowest BCUT2D eigenvalue weighted by atomic mass is 9.86. The van der Waals surface area contributed by atoms with Crippen molar-refractivity contribution in [1.29, 1.82) is 5.26 Å². The number of carbonyl (C=O) groups excluding carboxylic acids is 1. The molecule has 3 nitrogen and oxygen atoms in total. The maximum atomic E-state index is 14.8. The van der Waals surface area contributed by atoms with Gasteiger partial charge in [-0.05, 0) is 34.4 Å². The van der Waals surface area contributed by atoms with Crippen LogP contribution in [0.25, 0.3) is 22.3 Å². The maximum absolute atomic E-state index is 14.8. The Balaban J connectivity index is 2.13. The standard InChI is InChI=1S/C28H12F17NO2/c29-21(30,22(31,32)23(33,34)24(35,36)25(37,38)26(39,40)27(41,42)28(43,44)45)16-10-8-14(9-11-16)17-2-1-3-18(20(47)48)19(17)15-6-4-13(12-46)5-7-15/h1-11H,(H,47,48)/p-1. The average molecular weight is 716 g/mol. The number of carboxylic acid groups (broad SMARTS) is 1. The van der Waals surface area contributed by atoms with Crippen molar-refractivity contribution in [2.24, 2.45) is 0 Å². The zero-order valence-corrected chi connectivity index (χ0v) is 22.5. The van der Waals surface area contributed by atoms with Gasteiger partial charge in [0, 0.05) is 11.1 Å². The van der Waals surface area contributed by atoms with Crippen molar-refractivity contribution < 1.29 is 84.5 Å². The lowest BCUT2D eigenvalue weighted by Crippen LogP contribution is -2.74. The molecule has 0 aliphatic heterocycles. The molecule has 0 atom stereocenters. The van der Waals surface area contributed by atoms with E-state index in [9.17, 15) is 84.5 Å². The molecule has 3 rings (SSSR count). The zero-order chi connectivity index (χ0) is 37.1. The van der Waals surface area contributed by atoms with E-state index < -0.39 is 70.3 Å². The minimum absolute atomic E-state index is 0.0282. The van der Waals surface area contributed by atoms with Crippen LogP contribution in [0, 0.1) is 11.3 Å². The Morgan fingerprint density at radius 2 is 0.958 bits per heavy atom. The van der Waals surface area contributed by atoms with Crippen LogP contribution in [0.15, 0.2) is 66.7 Å². The van der Waals surface area contributed by atoms with Crippen molar-refractivity contribution in [1.82, 2.24) is 0 Å². The number of nitrogens with zero attached hydrogens (tertiary/aromatic N) is 1. The van der Waals surface area contributed by atoms with Crippen LogP contribution in [0.3, 0.4) is 0 Å². The van der Waals surface area contributed by atoms with Crippen LogP contribution in [0.2, 0.25) is 0 Å². The monoisotopic (exact) mass is 716 g/mol. The molecular formula is C28H11F17NO2-. The minimum Gasteiger partial charge on any atom is -0.545 e. The number of aromatic carboxylic acids is 1. The number of benzene rings is 3. The third-order valence-corrected chi connectivity index (χ3v) is 6.87. The molecule has 20 heteroatoms. The van der Waals surface area contributed by atoms with E-state index in [-0.39, 0.29) is 34.4 Å². The highest BCUT2D eigenvalue weighted by molar-refractivity contribution is 6.00. The highest BCUT2D eigenvalue weighted by Crippen LogP contribution is 2.65. The number of carboxylic acids is 1. The average Bonchev–Trinajstić information content (AvgIpc) is 2.99. The van der Waals surface area contributed by atoms with Crippen molar-refractivity contribution in [3.8, 4) is 28.3 Å². The Morgan fingerprint density at radius 3 is 1.38 bits per heavy atom. The van der Waals surface area contributed by atoms with Crippen LogP contribution in [0.5, 0.6) is 0 Å². The molecule has 0 saturated carbocycles. The molecule has 0 aliphatic rings. The van der Waals surface area contributed by atoms with E-state index in [1.807, 2.05) is 0 Å². The molecule has 0 fully saturated rings. The van der Waals surface area contributed by atoms with Gasteiger partial charge in [-0.3, -0.25) is 0 Å². The number of alkyl halides is 17. The van der Waals surface area contributed by atoms with E-state index in [1.54, 1.807) is 6.07 Å². The second-order valence-electron chi connectivity index (χ2n) is 9.80. The van der Waals surface area contributed by atoms with Crippen LogP contribution in [-0.2, 0) is 5.92 Å². The van der Waals surface area contributed by atoms with Crippen molar-refractivity contribution in [2.45, 2.75) is 47.6 Å². The first-order valence-electron chi connectivity index (χ1n) is 12.2. The lowest BCUT2D eigenvalue weighted by Gasteiger charge is -2.42. The molecule has 260 valence electrons. The number of hydrogen-bond acceptors (Lipinski definition) is 3. The van der Waals surface area contributed by atoms with Gasteiger partial charge in [-0.15, -0.1) is 0 Å². The summed E-state index contributed by atoms with van der Waals surface area (Å²) in [5.74, 6) is -59.2. The summed E-state index contributed by atoms with van der Waals surface area (Å²) in [6.07, 6.45) is -7.85. The largest absolute Gasteiger partial charge is 0.545 e. The topological polar surface area (TPSA) is 63.9 Å². The summed E-state index contributed by atoms with van der Waals surface area (Å²) >= 11 is 0. The van der Waals surface area contributed by atoms with Crippen LogP contribution in [0.1, 0.15) is 21.5 Å². The summed E-state index contributed by atoms with van der Waals surface area (Å²) in [6.45, 7) is 0. The predicted octanol–water partition coefficient (Wildman–Crippen LogP) is 8.72. The van der Waals surface area contributed by atoms with Gasteiger partial charge < -0.3 is 9.90 Å². The van der Waals surface area contributed by atoms with Gasteiger partial charge in [0.05, 0.1) is 17.6 Å². The summed E-state index contributed by atoms with van der Waals surface area (Å²) in [7, 11) is 0. The van der Waals surface area contributed by atoms with Gasteiger partial charge in [0.1, 0.15) is 0 Å². The van der Waals surface area contributed by atoms with Gasteiger partial charge in [0.15, 0.2) is 0 Å². The second-order valence-corrected chi connectivity index (χ2v) is 9.80. The molecule has 0 unspecified atom stereocenters. The van der Waals surface area contributed by atoms with E-state index in [0.717, 1.165) is 18.2 Å². The molecular weight excluding hydrogens is 705 g/mol. The summed E-state index contributed by atoms with van der Waals surface area (Å²) < 4.78 is 232. The SMILES string of the molecule is N#Cc1ccc(-c2c(C(=O)[O-])cccc2-c2ccc(C(F)(F)C(F)(F)C(F)(F)C(F)(F)C(F)(F)C(F)(F)C(F)(F)C(F)(F)F)cc2)cc1. The third-order valence-electron chi connectivity index (χ3n) is 6.87. The molecule has 0 aliphatic carbocycles. The second kappa shape index (κ2) is 11.5. The lowest BCUT2D eigenvalue weighted by molar-refractivity contribution is -0.462. The van der Waals surface area contributed by atoms with Crippen LogP contribution in [0.4, 0.5) is 74.6 Å². The quantitative estimate of drug-likeness (QED) is 0.197. The Labute approximate surface area is 255 Å². The molecule has 0 amide bonds. The third kappa shape index (κ3) is 5.36. The van der Waals surface area contributed by atoms with E-state index in [1.165, 1.54) is 24.3 Å². The van der Waals surface area contributed by atoms with E-state index >= 15 is 0 Å². The smallest absolute Gasteiger partial charge is 0.460 e. The van der Waals surface area contributed by atoms with Crippen molar-refractivity contribution in [2.75, 3.05) is 0 Å². The molecule has 0 saturated heterocycles. The molecule has 0 aromatic heterocycles. The number of halogens is 17. The van der Waals surface area contributed by atoms with Gasteiger partial charge >= 0.3 is 47.6 Å².